The number of nitrogens with one attached hydrogen (secondary N) is 1. The van der Waals surface area contributed by atoms with Gasteiger partial charge in [-0.15, -0.1) is 5.10 Å². The van der Waals surface area contributed by atoms with Gasteiger partial charge in [-0.1, -0.05) is 6.07 Å². The van der Waals surface area contributed by atoms with E-state index in [2.05, 4.69) is 20.8 Å². The molecule has 0 saturated carbocycles. The summed E-state index contributed by atoms with van der Waals surface area (Å²) in [4.78, 5) is 0. The highest BCUT2D eigenvalue weighted by Crippen LogP contribution is 2.24. The minimum atomic E-state index is 0.241. The maximum atomic E-state index is 5.51. The molecule has 1 saturated heterocycles. The van der Waals surface area contributed by atoms with E-state index in [9.17, 15) is 0 Å². The maximum Gasteiger partial charge on any atom is 0.173 e. The number of nitrogens with zero attached hydrogens (tertiary/aromatic N) is 4. The molecule has 0 aliphatic carbocycles. The van der Waals surface area contributed by atoms with E-state index in [-0.39, 0.29) is 6.04 Å². The Kier molecular flexibility index (Phi) is 3.41. The molecular weight excluding hydrogens is 242 g/mol. The van der Waals surface area contributed by atoms with Crippen LogP contribution in [-0.4, -0.2) is 33.4 Å². The van der Waals surface area contributed by atoms with Crippen molar-refractivity contribution in [2.45, 2.75) is 25.8 Å². The third-order valence-corrected chi connectivity index (χ3v) is 3.24. The number of ether oxygens (including phenoxy) is 1. The number of rotatable bonds is 4. The first kappa shape index (κ1) is 12.1. The lowest BCUT2D eigenvalue weighted by atomic mass is 10.2. The van der Waals surface area contributed by atoms with Crippen LogP contribution in [0.25, 0.3) is 5.69 Å². The Morgan fingerprint density at radius 3 is 3.21 bits per heavy atom. The molecule has 1 atom stereocenters. The quantitative estimate of drug-likeness (QED) is 0.901. The van der Waals surface area contributed by atoms with Crippen LogP contribution in [0.15, 0.2) is 24.3 Å². The summed E-state index contributed by atoms with van der Waals surface area (Å²) in [6.45, 7) is 3.64. The molecule has 6 heteroatoms. The number of hydrogen-bond acceptors (Lipinski definition) is 5. The van der Waals surface area contributed by atoms with Gasteiger partial charge in [0.05, 0.1) is 18.3 Å². The summed E-state index contributed by atoms with van der Waals surface area (Å²) < 4.78 is 7.30. The Labute approximate surface area is 111 Å². The van der Waals surface area contributed by atoms with Crippen molar-refractivity contribution >= 4 is 0 Å². The summed E-state index contributed by atoms with van der Waals surface area (Å²) in [5.74, 6) is 1.70. The van der Waals surface area contributed by atoms with Crippen LogP contribution >= 0.6 is 0 Å². The van der Waals surface area contributed by atoms with Crippen molar-refractivity contribution in [3.63, 3.8) is 0 Å². The minimum Gasteiger partial charge on any atom is -0.494 e. The Morgan fingerprint density at radius 2 is 2.42 bits per heavy atom. The molecule has 100 valence electrons. The van der Waals surface area contributed by atoms with E-state index >= 15 is 0 Å². The molecule has 2 aromatic rings. The maximum absolute atomic E-state index is 5.51. The van der Waals surface area contributed by atoms with E-state index in [4.69, 9.17) is 4.74 Å². The summed E-state index contributed by atoms with van der Waals surface area (Å²) in [6, 6.07) is 8.07. The molecule has 0 amide bonds. The average molecular weight is 259 g/mol. The Balaban J connectivity index is 1.93. The molecule has 1 aliphatic heterocycles. The molecule has 0 spiro atoms. The normalized spacial score (nSPS) is 18.7. The van der Waals surface area contributed by atoms with Crippen LogP contribution in [0.2, 0.25) is 0 Å². The molecule has 1 N–H and O–H groups in total. The number of tetrazole rings is 1. The lowest BCUT2D eigenvalue weighted by Gasteiger charge is -2.11. The van der Waals surface area contributed by atoms with Gasteiger partial charge in [0.15, 0.2) is 5.82 Å². The molecule has 2 heterocycles. The van der Waals surface area contributed by atoms with Crippen LogP contribution in [-0.2, 0) is 0 Å². The summed E-state index contributed by atoms with van der Waals surface area (Å²) in [6.07, 6.45) is 2.24. The van der Waals surface area contributed by atoms with Crippen molar-refractivity contribution in [2.24, 2.45) is 0 Å². The molecule has 1 aromatic carbocycles. The van der Waals surface area contributed by atoms with Crippen molar-refractivity contribution in [2.75, 3.05) is 13.2 Å². The predicted molar refractivity (Wildman–Crippen MR) is 70.3 cm³/mol. The molecule has 0 radical (unpaired) electrons. The Morgan fingerprint density at radius 1 is 1.47 bits per heavy atom. The van der Waals surface area contributed by atoms with Crippen molar-refractivity contribution in [3.8, 4) is 11.4 Å². The largest absolute Gasteiger partial charge is 0.494 e. The smallest absolute Gasteiger partial charge is 0.173 e. The van der Waals surface area contributed by atoms with Crippen molar-refractivity contribution in [1.82, 2.24) is 25.5 Å². The second kappa shape index (κ2) is 5.36. The summed E-state index contributed by atoms with van der Waals surface area (Å²) in [5, 5.41) is 15.5. The monoisotopic (exact) mass is 259 g/mol. The van der Waals surface area contributed by atoms with E-state index in [1.54, 1.807) is 4.68 Å². The lowest BCUT2D eigenvalue weighted by Crippen LogP contribution is -2.18. The SMILES string of the molecule is CCOc1cccc(-n2nnnc2C2CCCN2)c1. The highest BCUT2D eigenvalue weighted by atomic mass is 16.5. The summed E-state index contributed by atoms with van der Waals surface area (Å²) in [7, 11) is 0. The van der Waals surface area contributed by atoms with Crippen molar-refractivity contribution < 1.29 is 4.74 Å². The fourth-order valence-electron chi connectivity index (χ4n) is 2.37. The van der Waals surface area contributed by atoms with Gasteiger partial charge >= 0.3 is 0 Å². The number of benzene rings is 1. The van der Waals surface area contributed by atoms with E-state index in [0.717, 1.165) is 36.6 Å². The number of aromatic nitrogens is 4. The van der Waals surface area contributed by atoms with Crippen molar-refractivity contribution in [1.29, 1.82) is 0 Å². The zero-order valence-corrected chi connectivity index (χ0v) is 10.9. The van der Waals surface area contributed by atoms with E-state index in [0.29, 0.717) is 6.61 Å². The molecule has 6 nitrogen and oxygen atoms in total. The minimum absolute atomic E-state index is 0.241. The van der Waals surface area contributed by atoms with Crippen LogP contribution in [0.1, 0.15) is 31.6 Å². The van der Waals surface area contributed by atoms with Gasteiger partial charge in [0.25, 0.3) is 0 Å². The zero-order valence-electron chi connectivity index (χ0n) is 10.9. The van der Waals surface area contributed by atoms with E-state index in [1.165, 1.54) is 0 Å². The second-order valence-corrected chi connectivity index (χ2v) is 4.53. The van der Waals surface area contributed by atoms with Crippen LogP contribution in [0, 0.1) is 0 Å². The molecule has 1 aromatic heterocycles. The molecule has 0 bridgehead atoms. The molecule has 1 unspecified atom stereocenters. The predicted octanol–water partition coefficient (Wildman–Crippen LogP) is 1.49. The fourth-order valence-corrected chi connectivity index (χ4v) is 2.37. The van der Waals surface area contributed by atoms with Gasteiger partial charge in [-0.25, -0.2) is 0 Å². The first-order valence-corrected chi connectivity index (χ1v) is 6.63. The molecule has 1 fully saturated rings. The van der Waals surface area contributed by atoms with E-state index < -0.39 is 0 Å². The average Bonchev–Trinajstić information content (AvgIpc) is 3.10. The Hall–Kier alpha value is -1.95. The first-order valence-electron chi connectivity index (χ1n) is 6.63. The molecule has 1 aliphatic rings. The second-order valence-electron chi connectivity index (χ2n) is 4.53. The van der Waals surface area contributed by atoms with Crippen LogP contribution < -0.4 is 10.1 Å². The highest BCUT2D eigenvalue weighted by Gasteiger charge is 2.23. The Bertz CT molecular complexity index is 547. The van der Waals surface area contributed by atoms with Gasteiger partial charge in [-0.05, 0) is 48.9 Å². The molecule has 3 rings (SSSR count). The highest BCUT2D eigenvalue weighted by molar-refractivity contribution is 5.39. The van der Waals surface area contributed by atoms with Crippen LogP contribution in [0.5, 0.6) is 5.75 Å². The molecule has 19 heavy (non-hydrogen) atoms. The standard InChI is InChI=1S/C13H17N5O/c1-2-19-11-6-3-5-10(9-11)18-13(15-16-17-18)12-7-4-8-14-12/h3,5-6,9,12,14H,2,4,7-8H2,1H3. The number of hydrogen-bond donors (Lipinski definition) is 1. The molecular formula is C13H17N5O. The van der Waals surface area contributed by atoms with E-state index in [1.807, 2.05) is 31.2 Å². The van der Waals surface area contributed by atoms with Crippen molar-refractivity contribution in [3.05, 3.63) is 30.1 Å². The zero-order chi connectivity index (χ0) is 13.1. The first-order chi connectivity index (χ1) is 9.38. The third kappa shape index (κ3) is 2.44. The van der Waals surface area contributed by atoms with Crippen LogP contribution in [0.4, 0.5) is 0 Å². The van der Waals surface area contributed by atoms with Gasteiger partial charge < -0.3 is 10.1 Å². The van der Waals surface area contributed by atoms with Crippen LogP contribution in [0.3, 0.4) is 0 Å². The third-order valence-electron chi connectivity index (χ3n) is 3.24. The van der Waals surface area contributed by atoms with Gasteiger partial charge in [0.2, 0.25) is 0 Å². The summed E-state index contributed by atoms with van der Waals surface area (Å²) >= 11 is 0. The summed E-state index contributed by atoms with van der Waals surface area (Å²) in [5.41, 5.74) is 0.930. The fraction of sp³-hybridized carbons (Fsp3) is 0.462. The van der Waals surface area contributed by atoms with Gasteiger partial charge in [-0.2, -0.15) is 4.68 Å². The topological polar surface area (TPSA) is 64.9 Å². The lowest BCUT2D eigenvalue weighted by molar-refractivity contribution is 0.340. The van der Waals surface area contributed by atoms with Gasteiger partial charge in [-0.3, -0.25) is 0 Å². The van der Waals surface area contributed by atoms with Gasteiger partial charge in [0.1, 0.15) is 5.75 Å². The van der Waals surface area contributed by atoms with Gasteiger partial charge in [0, 0.05) is 6.07 Å².